The summed E-state index contributed by atoms with van der Waals surface area (Å²) in [7, 11) is -1.82. The Kier molecular flexibility index (Phi) is 6.23. The van der Waals surface area contributed by atoms with E-state index in [0.717, 1.165) is 26.0 Å². The molecular formula is C25H34INO2Si. The summed E-state index contributed by atoms with van der Waals surface area (Å²) in [6, 6.07) is 19.7. The van der Waals surface area contributed by atoms with Gasteiger partial charge in [-0.2, -0.15) is 5.06 Å². The quantitative estimate of drug-likeness (QED) is 0.313. The fourth-order valence-corrected chi connectivity index (χ4v) is 6.70. The second kappa shape index (κ2) is 8.32. The van der Waals surface area contributed by atoms with Crippen molar-refractivity contribution in [2.75, 3.05) is 6.61 Å². The Morgan fingerprint density at radius 2 is 1.87 bits per heavy atom. The van der Waals surface area contributed by atoms with Gasteiger partial charge in [0.1, 0.15) is 0 Å². The molecule has 30 heavy (non-hydrogen) atoms. The summed E-state index contributed by atoms with van der Waals surface area (Å²) < 4.78 is 8.21. The minimum Gasteiger partial charge on any atom is -0.414 e. The molecule has 1 aliphatic carbocycles. The van der Waals surface area contributed by atoms with Crippen LogP contribution in [0.1, 0.15) is 44.7 Å². The molecule has 0 radical (unpaired) electrons. The third kappa shape index (κ3) is 4.16. The van der Waals surface area contributed by atoms with Gasteiger partial charge in [-0.05, 0) is 76.8 Å². The van der Waals surface area contributed by atoms with E-state index in [4.69, 9.17) is 9.26 Å². The highest BCUT2D eigenvalue weighted by Crippen LogP contribution is 2.55. The zero-order valence-corrected chi connectivity index (χ0v) is 22.0. The Balaban J connectivity index is 1.68. The molecule has 3 nitrogen and oxygen atoms in total. The number of halogens is 1. The van der Waals surface area contributed by atoms with Crippen molar-refractivity contribution >= 4 is 30.9 Å². The number of hydrogen-bond donors (Lipinski definition) is 0. The predicted octanol–water partition coefficient (Wildman–Crippen LogP) is 6.73. The summed E-state index contributed by atoms with van der Waals surface area (Å²) in [6.07, 6.45) is 2.36. The zero-order valence-electron chi connectivity index (χ0n) is 18.8. The third-order valence-corrected chi connectivity index (χ3v) is 12.6. The molecule has 0 bridgehead atoms. The fraction of sp³-hybridized carbons (Fsp3) is 0.520. The summed E-state index contributed by atoms with van der Waals surface area (Å²) in [6.45, 7) is 13.3. The number of rotatable bonds is 5. The molecular weight excluding hydrogens is 501 g/mol. The van der Waals surface area contributed by atoms with E-state index in [0.29, 0.717) is 5.92 Å². The highest BCUT2D eigenvalue weighted by atomic mass is 127. The molecule has 0 aromatic heterocycles. The second-order valence-electron chi connectivity index (χ2n) is 10.4. The first-order valence-corrected chi connectivity index (χ1v) is 15.0. The van der Waals surface area contributed by atoms with Crippen LogP contribution in [0.15, 0.2) is 54.6 Å². The zero-order chi connectivity index (χ0) is 21.6. The van der Waals surface area contributed by atoms with Crippen molar-refractivity contribution < 1.29 is 9.26 Å². The molecule has 1 saturated heterocycles. The molecule has 4 rings (SSSR count). The van der Waals surface area contributed by atoms with Crippen LogP contribution in [0, 0.1) is 9.49 Å². The maximum atomic E-state index is 6.93. The highest BCUT2D eigenvalue weighted by Gasteiger charge is 2.58. The van der Waals surface area contributed by atoms with E-state index >= 15 is 0 Å². The lowest BCUT2D eigenvalue weighted by Gasteiger charge is -2.40. The molecule has 5 heteroatoms. The maximum absolute atomic E-state index is 6.93. The lowest BCUT2D eigenvalue weighted by atomic mass is 9.81. The molecule has 3 atom stereocenters. The van der Waals surface area contributed by atoms with Crippen LogP contribution >= 0.6 is 22.6 Å². The van der Waals surface area contributed by atoms with Crippen LogP contribution in [0.5, 0.6) is 0 Å². The van der Waals surface area contributed by atoms with E-state index in [1.165, 1.54) is 14.7 Å². The number of fused-ring (bicyclic) bond motifs is 1. The van der Waals surface area contributed by atoms with Crippen LogP contribution in [-0.2, 0) is 21.3 Å². The minimum absolute atomic E-state index is 0.121. The van der Waals surface area contributed by atoms with Gasteiger partial charge < -0.3 is 4.43 Å². The molecule has 2 aromatic carbocycles. The Hall–Kier alpha value is -0.733. The normalized spacial score (nSPS) is 27.4. The summed E-state index contributed by atoms with van der Waals surface area (Å²) in [5.41, 5.74) is 2.54. The maximum Gasteiger partial charge on any atom is 0.192 e. The van der Waals surface area contributed by atoms with Crippen LogP contribution in [0.3, 0.4) is 0 Å². The Morgan fingerprint density at radius 3 is 2.53 bits per heavy atom. The SMILES string of the molecule is CC(C)(C)[Si](C)(C)OC1CC2CON(Cc3ccccc3)C2(c2cccc(I)c2)C1. The van der Waals surface area contributed by atoms with E-state index in [2.05, 4.69) is 116 Å². The molecule has 3 unspecified atom stereocenters. The van der Waals surface area contributed by atoms with Crippen molar-refractivity contribution in [3.8, 4) is 0 Å². The summed E-state index contributed by atoms with van der Waals surface area (Å²) in [4.78, 5) is 6.35. The van der Waals surface area contributed by atoms with Crippen molar-refractivity contribution in [3.63, 3.8) is 0 Å². The number of hydroxylamine groups is 2. The monoisotopic (exact) mass is 535 g/mol. The van der Waals surface area contributed by atoms with Gasteiger partial charge in [0.15, 0.2) is 8.32 Å². The standard InChI is InChI=1S/C25H34INO2Si/c1-24(2,3)30(4,5)29-23-15-21-18-28-27(17-19-10-7-6-8-11-19)25(21,16-23)20-12-9-13-22(26)14-20/h6-14,21,23H,15-18H2,1-5H3. The molecule has 2 aromatic rings. The first-order valence-electron chi connectivity index (χ1n) is 11.0. The Labute approximate surface area is 196 Å². The number of benzene rings is 2. The lowest BCUT2D eigenvalue weighted by molar-refractivity contribution is -0.179. The number of hydrogen-bond acceptors (Lipinski definition) is 3. The molecule has 0 N–H and O–H groups in total. The molecule has 0 amide bonds. The molecule has 1 heterocycles. The molecule has 1 aliphatic heterocycles. The average molecular weight is 536 g/mol. The minimum atomic E-state index is -1.82. The van der Waals surface area contributed by atoms with Crippen molar-refractivity contribution in [3.05, 3.63) is 69.3 Å². The summed E-state index contributed by atoms with van der Waals surface area (Å²) in [5, 5.41) is 2.49. The van der Waals surface area contributed by atoms with Gasteiger partial charge >= 0.3 is 0 Å². The number of nitrogens with zero attached hydrogens (tertiary/aromatic N) is 1. The molecule has 2 fully saturated rings. The average Bonchev–Trinajstić information content (AvgIpc) is 3.18. The van der Waals surface area contributed by atoms with Crippen LogP contribution in [0.25, 0.3) is 0 Å². The van der Waals surface area contributed by atoms with Crippen molar-refractivity contribution in [1.29, 1.82) is 0 Å². The van der Waals surface area contributed by atoms with Gasteiger partial charge in [-0.25, -0.2) is 0 Å². The van der Waals surface area contributed by atoms with Crippen LogP contribution in [-0.4, -0.2) is 26.1 Å². The van der Waals surface area contributed by atoms with Crippen LogP contribution in [0.4, 0.5) is 0 Å². The fourth-order valence-electron chi connectivity index (χ4n) is 4.79. The van der Waals surface area contributed by atoms with Crippen LogP contribution < -0.4 is 0 Å². The van der Waals surface area contributed by atoms with Gasteiger partial charge in [-0.3, -0.25) is 4.84 Å². The van der Waals surface area contributed by atoms with Crippen molar-refractivity contribution in [2.45, 2.75) is 69.9 Å². The van der Waals surface area contributed by atoms with E-state index in [1.54, 1.807) is 0 Å². The van der Waals surface area contributed by atoms with Gasteiger partial charge in [0.25, 0.3) is 0 Å². The van der Waals surface area contributed by atoms with Gasteiger partial charge in [-0.1, -0.05) is 63.2 Å². The Morgan fingerprint density at radius 1 is 1.13 bits per heavy atom. The van der Waals surface area contributed by atoms with E-state index in [-0.39, 0.29) is 16.7 Å². The van der Waals surface area contributed by atoms with Gasteiger partial charge in [0, 0.05) is 15.6 Å². The lowest BCUT2D eigenvalue weighted by Crippen LogP contribution is -2.45. The second-order valence-corrected chi connectivity index (χ2v) is 16.4. The Bertz CT molecular complexity index is 882. The van der Waals surface area contributed by atoms with Gasteiger partial charge in [0.2, 0.25) is 0 Å². The summed E-state index contributed by atoms with van der Waals surface area (Å²) >= 11 is 2.43. The van der Waals surface area contributed by atoms with Crippen LogP contribution in [0.2, 0.25) is 18.1 Å². The van der Waals surface area contributed by atoms with E-state index < -0.39 is 8.32 Å². The summed E-state index contributed by atoms with van der Waals surface area (Å²) in [5.74, 6) is 0.453. The third-order valence-electron chi connectivity index (χ3n) is 7.40. The smallest absolute Gasteiger partial charge is 0.192 e. The highest BCUT2D eigenvalue weighted by molar-refractivity contribution is 14.1. The van der Waals surface area contributed by atoms with Crippen molar-refractivity contribution in [1.82, 2.24) is 5.06 Å². The first kappa shape index (κ1) is 22.5. The molecule has 1 saturated carbocycles. The predicted molar refractivity (Wildman–Crippen MR) is 134 cm³/mol. The van der Waals surface area contributed by atoms with E-state index in [9.17, 15) is 0 Å². The molecule has 2 aliphatic rings. The largest absolute Gasteiger partial charge is 0.414 e. The molecule has 162 valence electrons. The van der Waals surface area contributed by atoms with Gasteiger partial charge in [-0.15, -0.1) is 0 Å². The van der Waals surface area contributed by atoms with Gasteiger partial charge in [0.05, 0.1) is 18.7 Å². The molecule has 0 spiro atoms. The first-order chi connectivity index (χ1) is 14.1. The topological polar surface area (TPSA) is 21.7 Å². The van der Waals surface area contributed by atoms with E-state index in [1.807, 2.05) is 0 Å². The van der Waals surface area contributed by atoms with Crippen molar-refractivity contribution in [2.24, 2.45) is 5.92 Å².